The summed E-state index contributed by atoms with van der Waals surface area (Å²) in [6.07, 6.45) is -1.47. The lowest BCUT2D eigenvalue weighted by molar-refractivity contribution is -0.271. The molecule has 17 heavy (non-hydrogen) atoms. The van der Waals surface area contributed by atoms with Crippen LogP contribution >= 0.6 is 0 Å². The van der Waals surface area contributed by atoms with Gasteiger partial charge >= 0.3 is 0 Å². The Morgan fingerprint density at radius 1 is 1.29 bits per heavy atom. The maximum Gasteiger partial charge on any atom is 0.185 e. The quantitative estimate of drug-likeness (QED) is 0.443. The van der Waals surface area contributed by atoms with E-state index in [2.05, 4.69) is 12.2 Å². The number of rotatable bonds is 6. The fourth-order valence-electron chi connectivity index (χ4n) is 1.97. The first-order valence-corrected chi connectivity index (χ1v) is 6.04. The van der Waals surface area contributed by atoms with Gasteiger partial charge in [0, 0.05) is 7.11 Å². The summed E-state index contributed by atoms with van der Waals surface area (Å²) < 4.78 is 10.2. The summed E-state index contributed by atoms with van der Waals surface area (Å²) in [5.41, 5.74) is 0. The molecule has 6 heteroatoms. The van der Waals surface area contributed by atoms with E-state index < -0.39 is 30.6 Å². The molecule has 0 unspecified atom stereocenters. The number of nitrogens with one attached hydrogen (secondary N) is 1. The number of aliphatic hydroxyl groups excluding tert-OH is 3. The van der Waals surface area contributed by atoms with Crippen LogP contribution in [0.2, 0.25) is 0 Å². The molecule has 5 atom stereocenters. The molecular weight excluding hydrogens is 226 g/mol. The van der Waals surface area contributed by atoms with Crippen molar-refractivity contribution in [1.82, 2.24) is 5.32 Å². The minimum absolute atomic E-state index is 0.306. The van der Waals surface area contributed by atoms with E-state index in [-0.39, 0.29) is 6.61 Å². The predicted molar refractivity (Wildman–Crippen MR) is 61.5 cm³/mol. The van der Waals surface area contributed by atoms with Gasteiger partial charge in [0.25, 0.3) is 0 Å². The molecular formula is C11H23NO5. The molecule has 1 rings (SSSR count). The van der Waals surface area contributed by atoms with Gasteiger partial charge in [-0.3, -0.25) is 0 Å². The summed E-state index contributed by atoms with van der Waals surface area (Å²) >= 11 is 0. The van der Waals surface area contributed by atoms with Gasteiger partial charge in [-0.15, -0.1) is 0 Å². The Kier molecular flexibility index (Phi) is 6.32. The maximum atomic E-state index is 9.96. The lowest BCUT2D eigenvalue weighted by Crippen LogP contribution is -2.64. The smallest absolute Gasteiger partial charge is 0.185 e. The average molecular weight is 249 g/mol. The van der Waals surface area contributed by atoms with E-state index in [4.69, 9.17) is 14.6 Å². The van der Waals surface area contributed by atoms with Crippen LogP contribution in [0.1, 0.15) is 19.8 Å². The van der Waals surface area contributed by atoms with Crippen molar-refractivity contribution in [2.45, 2.75) is 50.4 Å². The molecule has 0 aromatic carbocycles. The number of hydrogen-bond acceptors (Lipinski definition) is 6. The third kappa shape index (κ3) is 3.61. The minimum Gasteiger partial charge on any atom is -0.394 e. The second kappa shape index (κ2) is 7.25. The Labute approximate surface area is 102 Å². The van der Waals surface area contributed by atoms with Gasteiger partial charge in [0.15, 0.2) is 6.29 Å². The average Bonchev–Trinajstić information content (AvgIpc) is 2.34. The van der Waals surface area contributed by atoms with Crippen LogP contribution in [0, 0.1) is 0 Å². The van der Waals surface area contributed by atoms with Crippen LogP contribution in [0.15, 0.2) is 0 Å². The molecule has 0 aliphatic carbocycles. The van der Waals surface area contributed by atoms with Gasteiger partial charge in [-0.05, 0) is 13.0 Å². The first kappa shape index (κ1) is 14.8. The van der Waals surface area contributed by atoms with Crippen LogP contribution in [0.5, 0.6) is 0 Å². The van der Waals surface area contributed by atoms with E-state index in [0.29, 0.717) is 6.54 Å². The third-order valence-corrected chi connectivity index (χ3v) is 3.03. The highest BCUT2D eigenvalue weighted by Crippen LogP contribution is 2.21. The topological polar surface area (TPSA) is 91.2 Å². The Hall–Kier alpha value is -0.240. The maximum absolute atomic E-state index is 9.96. The summed E-state index contributed by atoms with van der Waals surface area (Å²) in [5, 5.41) is 32.1. The van der Waals surface area contributed by atoms with E-state index in [1.807, 2.05) is 0 Å². The molecule has 0 spiro atoms. The first-order valence-electron chi connectivity index (χ1n) is 6.04. The molecule has 102 valence electrons. The highest BCUT2D eigenvalue weighted by Gasteiger charge is 2.44. The molecule has 0 saturated carbocycles. The summed E-state index contributed by atoms with van der Waals surface area (Å²) in [6.45, 7) is 2.45. The standard InChI is InChI=1S/C11H23NO5/c1-3-4-5-12-8-9(14)7(6-13)17-11(16-2)10(8)15/h7-15H,3-6H2,1-2H3/t7-,8-,9-,10-,11+/m1/s1. The van der Waals surface area contributed by atoms with Crippen LogP contribution in [0.4, 0.5) is 0 Å². The zero-order valence-corrected chi connectivity index (χ0v) is 10.4. The zero-order chi connectivity index (χ0) is 12.8. The monoisotopic (exact) mass is 249 g/mol. The summed E-state index contributed by atoms with van der Waals surface area (Å²) in [4.78, 5) is 0. The zero-order valence-electron chi connectivity index (χ0n) is 10.4. The summed E-state index contributed by atoms with van der Waals surface area (Å²) in [5.74, 6) is 0. The normalized spacial score (nSPS) is 38.3. The predicted octanol–water partition coefficient (Wildman–Crippen LogP) is -1.17. The van der Waals surface area contributed by atoms with Crippen LogP contribution < -0.4 is 5.32 Å². The van der Waals surface area contributed by atoms with Crippen molar-refractivity contribution in [2.75, 3.05) is 20.3 Å². The largest absolute Gasteiger partial charge is 0.394 e. The lowest BCUT2D eigenvalue weighted by atomic mass is 9.96. The first-order chi connectivity index (χ1) is 8.15. The number of methoxy groups -OCH3 is 1. The van der Waals surface area contributed by atoms with Crippen molar-refractivity contribution in [3.8, 4) is 0 Å². The molecule has 1 heterocycles. The van der Waals surface area contributed by atoms with Gasteiger partial charge in [-0.2, -0.15) is 0 Å². The molecule has 0 aromatic rings. The molecule has 0 bridgehead atoms. The van der Waals surface area contributed by atoms with Gasteiger partial charge in [-0.25, -0.2) is 0 Å². The van der Waals surface area contributed by atoms with E-state index >= 15 is 0 Å². The number of ether oxygens (including phenoxy) is 2. The van der Waals surface area contributed by atoms with Crippen molar-refractivity contribution in [2.24, 2.45) is 0 Å². The van der Waals surface area contributed by atoms with E-state index in [1.165, 1.54) is 7.11 Å². The fourth-order valence-corrected chi connectivity index (χ4v) is 1.97. The Balaban J connectivity index is 2.61. The van der Waals surface area contributed by atoms with Gasteiger partial charge in [0.2, 0.25) is 0 Å². The lowest BCUT2D eigenvalue weighted by Gasteiger charge is -2.42. The highest BCUT2D eigenvalue weighted by atomic mass is 16.7. The van der Waals surface area contributed by atoms with Crippen molar-refractivity contribution in [3.63, 3.8) is 0 Å². The van der Waals surface area contributed by atoms with Gasteiger partial charge in [0.1, 0.15) is 18.3 Å². The molecule has 0 amide bonds. The SMILES string of the molecule is CCCCN[C@H]1[C@@H](O)[C@@H](OC)O[C@H](CO)[C@H]1O. The molecule has 0 aromatic heterocycles. The number of unbranched alkanes of at least 4 members (excludes halogenated alkanes) is 1. The van der Waals surface area contributed by atoms with Crippen LogP contribution in [-0.2, 0) is 9.47 Å². The van der Waals surface area contributed by atoms with Gasteiger partial charge in [-0.1, -0.05) is 13.3 Å². The fraction of sp³-hybridized carbons (Fsp3) is 1.00. The van der Waals surface area contributed by atoms with Crippen molar-refractivity contribution < 1.29 is 24.8 Å². The van der Waals surface area contributed by atoms with Crippen LogP contribution in [0.3, 0.4) is 0 Å². The third-order valence-electron chi connectivity index (χ3n) is 3.03. The molecule has 6 nitrogen and oxygen atoms in total. The number of aliphatic hydroxyl groups is 3. The minimum atomic E-state index is -0.949. The van der Waals surface area contributed by atoms with Gasteiger partial charge < -0.3 is 30.1 Å². The van der Waals surface area contributed by atoms with Crippen molar-refractivity contribution >= 4 is 0 Å². The van der Waals surface area contributed by atoms with E-state index in [9.17, 15) is 10.2 Å². The van der Waals surface area contributed by atoms with Gasteiger partial charge in [0.05, 0.1) is 12.6 Å². The van der Waals surface area contributed by atoms with Crippen molar-refractivity contribution in [3.05, 3.63) is 0 Å². The second-order valence-electron chi connectivity index (χ2n) is 4.28. The van der Waals surface area contributed by atoms with Crippen LogP contribution in [-0.4, -0.2) is 66.2 Å². The highest BCUT2D eigenvalue weighted by molar-refractivity contribution is 4.93. The summed E-state index contributed by atoms with van der Waals surface area (Å²) in [6, 6.07) is -0.544. The van der Waals surface area contributed by atoms with Crippen molar-refractivity contribution in [1.29, 1.82) is 0 Å². The molecule has 1 aliphatic heterocycles. The molecule has 0 radical (unpaired) electrons. The second-order valence-corrected chi connectivity index (χ2v) is 4.28. The Morgan fingerprint density at radius 2 is 2.00 bits per heavy atom. The molecule has 1 fully saturated rings. The molecule has 1 aliphatic rings. The van der Waals surface area contributed by atoms with E-state index in [0.717, 1.165) is 12.8 Å². The van der Waals surface area contributed by atoms with E-state index in [1.54, 1.807) is 0 Å². The Morgan fingerprint density at radius 3 is 2.53 bits per heavy atom. The number of hydrogen-bond donors (Lipinski definition) is 4. The van der Waals surface area contributed by atoms with Crippen LogP contribution in [0.25, 0.3) is 0 Å². The molecule has 4 N–H and O–H groups in total. The Bertz CT molecular complexity index is 200. The molecule has 1 saturated heterocycles. The summed E-state index contributed by atoms with van der Waals surface area (Å²) in [7, 11) is 1.42.